The van der Waals surface area contributed by atoms with Crippen LogP contribution in [0.3, 0.4) is 0 Å². The highest BCUT2D eigenvalue weighted by molar-refractivity contribution is 6.08. The van der Waals surface area contributed by atoms with Gasteiger partial charge in [-0.15, -0.1) is 0 Å². The Morgan fingerprint density at radius 1 is 0.717 bits per heavy atom. The molecule has 0 saturated carbocycles. The number of carboxylic acid groups (broad SMARTS) is 1. The van der Waals surface area contributed by atoms with Crippen LogP contribution >= 0.6 is 0 Å². The maximum absolute atomic E-state index is 13.4. The molecule has 1 aliphatic heterocycles. The number of benzene rings is 3. The monoisotopic (exact) mass is 650 g/mol. The van der Waals surface area contributed by atoms with Crippen molar-refractivity contribution in [3.05, 3.63) is 41.0 Å². The van der Waals surface area contributed by atoms with Crippen LogP contribution in [-0.4, -0.2) is 116 Å². The highest BCUT2D eigenvalue weighted by Gasteiger charge is 2.44. The largest absolute Gasteiger partial charge is 0.504 e. The van der Waals surface area contributed by atoms with Crippen molar-refractivity contribution in [2.75, 3.05) is 6.61 Å². The Labute approximate surface area is 253 Å². The number of fused-ring (bicyclic) bond motifs is 3. The first-order valence-electron chi connectivity index (χ1n) is 12.4. The first-order chi connectivity index (χ1) is 21.5. The predicted molar refractivity (Wildman–Crippen MR) is 142 cm³/mol. The molecule has 0 radical (unpaired) electrons. The van der Waals surface area contributed by atoms with Crippen LogP contribution in [0.15, 0.2) is 24.3 Å². The number of phenols is 9. The molecule has 3 aromatic carbocycles. The van der Waals surface area contributed by atoms with Gasteiger partial charge in [-0.1, -0.05) is 0 Å². The van der Waals surface area contributed by atoms with Crippen LogP contribution in [0.25, 0.3) is 11.1 Å². The molecule has 0 spiro atoms. The van der Waals surface area contributed by atoms with Gasteiger partial charge in [0.15, 0.2) is 46.4 Å². The summed E-state index contributed by atoms with van der Waals surface area (Å²) in [6.45, 7) is -1.24. The topological polar surface area (TPSA) is 339 Å². The average Bonchev–Trinajstić information content (AvgIpc) is 3.01. The van der Waals surface area contributed by atoms with Crippen LogP contribution in [0.2, 0.25) is 0 Å². The second kappa shape index (κ2) is 12.0. The number of rotatable bonds is 5. The number of carbonyl (C=O) groups is 4. The molecule has 0 bridgehead atoms. The molecule has 3 aromatic rings. The number of aliphatic hydroxyl groups excluding tert-OH is 2. The summed E-state index contributed by atoms with van der Waals surface area (Å²) in [4.78, 5) is 51.1. The SMILES string of the molecule is O=C(O[C@@H](C(=O)O)[C@@H](O)[C@@H]1OC(=O)c2cc(O)c(O)c(O)c2-c2c(cc(O)c(O)c2O)C(=O)OC[C@H]1O)c1cc(O)c(O)c(O)c1. The second-order valence-corrected chi connectivity index (χ2v) is 9.58. The fraction of sp³-hybridized carbons (Fsp3) is 0.185. The van der Waals surface area contributed by atoms with E-state index in [4.69, 9.17) is 14.2 Å². The Kier molecular flexibility index (Phi) is 8.48. The van der Waals surface area contributed by atoms with Crippen molar-refractivity contribution >= 4 is 23.9 Å². The van der Waals surface area contributed by atoms with E-state index in [1.165, 1.54) is 0 Å². The van der Waals surface area contributed by atoms with Crippen LogP contribution in [0.4, 0.5) is 0 Å². The van der Waals surface area contributed by atoms with E-state index < -0.39 is 134 Å². The lowest BCUT2D eigenvalue weighted by molar-refractivity contribution is -0.166. The minimum absolute atomic E-state index is 0.414. The van der Waals surface area contributed by atoms with Gasteiger partial charge >= 0.3 is 23.9 Å². The Morgan fingerprint density at radius 3 is 1.65 bits per heavy atom. The molecule has 19 heteroatoms. The third-order valence-corrected chi connectivity index (χ3v) is 6.64. The number of carboxylic acids is 1. The van der Waals surface area contributed by atoms with Gasteiger partial charge in [0, 0.05) is 11.1 Å². The van der Waals surface area contributed by atoms with Crippen LogP contribution in [0.5, 0.6) is 51.7 Å². The molecule has 4 rings (SSSR count). The second-order valence-electron chi connectivity index (χ2n) is 9.58. The van der Waals surface area contributed by atoms with Crippen molar-refractivity contribution in [2.45, 2.75) is 24.4 Å². The number of hydrogen-bond donors (Lipinski definition) is 12. The molecule has 0 aliphatic carbocycles. The third kappa shape index (κ3) is 5.65. The fourth-order valence-electron chi connectivity index (χ4n) is 4.36. The number of ether oxygens (including phenoxy) is 3. The zero-order valence-electron chi connectivity index (χ0n) is 22.6. The molecule has 19 nitrogen and oxygen atoms in total. The summed E-state index contributed by atoms with van der Waals surface area (Å²) in [6, 6.07) is 2.02. The van der Waals surface area contributed by atoms with E-state index in [1.54, 1.807) is 0 Å². The van der Waals surface area contributed by atoms with Crippen LogP contribution in [0, 0.1) is 0 Å². The molecule has 0 saturated heterocycles. The fourth-order valence-corrected chi connectivity index (χ4v) is 4.36. The van der Waals surface area contributed by atoms with Crippen LogP contribution in [0.1, 0.15) is 31.1 Å². The molecule has 4 atom stereocenters. The van der Waals surface area contributed by atoms with Gasteiger partial charge in [-0.2, -0.15) is 0 Å². The molecule has 46 heavy (non-hydrogen) atoms. The zero-order valence-corrected chi connectivity index (χ0v) is 22.6. The Bertz CT molecular complexity index is 1760. The third-order valence-electron chi connectivity index (χ3n) is 6.64. The quantitative estimate of drug-likeness (QED) is 0.0934. The van der Waals surface area contributed by atoms with Crippen molar-refractivity contribution in [1.82, 2.24) is 0 Å². The number of aliphatic hydroxyl groups is 2. The molecule has 0 fully saturated rings. The number of phenolic OH excluding ortho intramolecular Hbond substituents is 9. The summed E-state index contributed by atoms with van der Waals surface area (Å²) in [5, 5.41) is 122. The molecular formula is C27H22O19. The lowest BCUT2D eigenvalue weighted by atomic mass is 9.92. The number of aromatic hydroxyl groups is 9. The molecule has 1 aliphatic rings. The van der Waals surface area contributed by atoms with Crippen molar-refractivity contribution in [3.63, 3.8) is 0 Å². The molecular weight excluding hydrogens is 628 g/mol. The van der Waals surface area contributed by atoms with Gasteiger partial charge in [0.05, 0.1) is 16.7 Å². The summed E-state index contributed by atoms with van der Waals surface area (Å²) in [6.07, 6.45) is -10.3. The summed E-state index contributed by atoms with van der Waals surface area (Å²) in [7, 11) is 0. The molecule has 1 heterocycles. The van der Waals surface area contributed by atoms with Crippen molar-refractivity contribution in [3.8, 4) is 62.9 Å². The highest BCUT2D eigenvalue weighted by Crippen LogP contribution is 2.52. The summed E-state index contributed by atoms with van der Waals surface area (Å²) < 4.78 is 14.7. The summed E-state index contributed by atoms with van der Waals surface area (Å²) in [5.74, 6) is -17.9. The van der Waals surface area contributed by atoms with E-state index in [2.05, 4.69) is 0 Å². The van der Waals surface area contributed by atoms with Crippen molar-refractivity contribution < 1.29 is 94.7 Å². The lowest BCUT2D eigenvalue weighted by Gasteiger charge is -2.30. The van der Waals surface area contributed by atoms with Gasteiger partial charge in [0.25, 0.3) is 0 Å². The minimum atomic E-state index is -2.73. The average molecular weight is 650 g/mol. The van der Waals surface area contributed by atoms with Gasteiger partial charge in [-0.05, 0) is 24.3 Å². The lowest BCUT2D eigenvalue weighted by Crippen LogP contribution is -2.52. The van der Waals surface area contributed by atoms with E-state index in [1.807, 2.05) is 0 Å². The zero-order chi connectivity index (χ0) is 34.4. The van der Waals surface area contributed by atoms with Gasteiger partial charge in [-0.3, -0.25) is 0 Å². The van der Waals surface area contributed by atoms with E-state index in [0.717, 1.165) is 0 Å². The molecule has 12 N–H and O–H groups in total. The van der Waals surface area contributed by atoms with Crippen molar-refractivity contribution in [1.29, 1.82) is 0 Å². The van der Waals surface area contributed by atoms with E-state index >= 15 is 0 Å². The van der Waals surface area contributed by atoms with E-state index in [9.17, 15) is 80.5 Å². The summed E-state index contributed by atoms with van der Waals surface area (Å²) in [5.41, 5.74) is -4.69. The first kappa shape index (κ1) is 32.6. The Hall–Kier alpha value is -6.34. The van der Waals surface area contributed by atoms with Gasteiger partial charge < -0.3 is 75.5 Å². The highest BCUT2D eigenvalue weighted by atomic mass is 16.6. The summed E-state index contributed by atoms with van der Waals surface area (Å²) >= 11 is 0. The van der Waals surface area contributed by atoms with Gasteiger partial charge in [-0.25, -0.2) is 19.2 Å². The number of esters is 3. The predicted octanol–water partition coefficient (Wildman–Crippen LogP) is -0.568. The molecule has 0 unspecified atom stereocenters. The van der Waals surface area contributed by atoms with Gasteiger partial charge in [0.1, 0.15) is 18.8 Å². The van der Waals surface area contributed by atoms with Crippen molar-refractivity contribution in [2.24, 2.45) is 0 Å². The Balaban J connectivity index is 1.83. The molecule has 0 aromatic heterocycles. The van der Waals surface area contributed by atoms with Crippen LogP contribution in [-0.2, 0) is 19.0 Å². The van der Waals surface area contributed by atoms with Crippen LogP contribution < -0.4 is 0 Å². The molecule has 0 amide bonds. The van der Waals surface area contributed by atoms with Gasteiger partial charge in [0.2, 0.25) is 17.6 Å². The van der Waals surface area contributed by atoms with E-state index in [0.29, 0.717) is 24.3 Å². The number of hydrogen-bond acceptors (Lipinski definition) is 18. The molecule has 244 valence electrons. The maximum Gasteiger partial charge on any atom is 0.347 e. The van der Waals surface area contributed by atoms with E-state index in [-0.39, 0.29) is 0 Å². The Morgan fingerprint density at radius 2 is 1.17 bits per heavy atom. The number of aliphatic carboxylic acids is 1. The normalized spacial score (nSPS) is 17.7. The standard InChI is InChI=1S/C27H22O19/c28-9-1-6(2-10(29)16(9)33)25(41)46-23(24(39)40)21(38)22-13(32)5-44-26(42)7-3-11(30)17(34)19(36)14(7)15-8(27(43)45-22)4-12(31)18(35)20(15)37/h1-4,13,21-23,28-38H,5H2,(H,39,40)/t13-,21+,22-,23-/m1/s1. The smallest absolute Gasteiger partial charge is 0.347 e. The number of cyclic esters (lactones) is 2. The first-order valence-corrected chi connectivity index (χ1v) is 12.4. The maximum atomic E-state index is 13.4. The minimum Gasteiger partial charge on any atom is -0.504 e. The number of carbonyl (C=O) groups excluding carboxylic acids is 3.